The van der Waals surface area contributed by atoms with Gasteiger partial charge in [0.25, 0.3) is 0 Å². The predicted octanol–water partition coefficient (Wildman–Crippen LogP) is 2.12. The number of aliphatic hydroxyl groups excluding tert-OH is 1. The van der Waals surface area contributed by atoms with Crippen molar-refractivity contribution in [1.29, 1.82) is 0 Å². The zero-order valence-electron chi connectivity index (χ0n) is 9.82. The maximum Gasteiger partial charge on any atom is 0.161 e. The lowest BCUT2D eigenvalue weighted by molar-refractivity contribution is 0.254. The minimum Gasteiger partial charge on any atom is -0.493 e. The van der Waals surface area contributed by atoms with Crippen molar-refractivity contribution in [2.24, 2.45) is 0 Å². The lowest BCUT2D eigenvalue weighted by atomic mass is 9.96. The SMILES string of the molecule is CCOc1ccc(C2(CO)CC2)cc1OC. The van der Waals surface area contributed by atoms with Gasteiger partial charge < -0.3 is 14.6 Å². The third-order valence-electron chi connectivity index (χ3n) is 3.23. The monoisotopic (exact) mass is 222 g/mol. The van der Waals surface area contributed by atoms with E-state index in [0.717, 1.165) is 29.9 Å². The van der Waals surface area contributed by atoms with Crippen LogP contribution in [0, 0.1) is 0 Å². The fourth-order valence-corrected chi connectivity index (χ4v) is 1.96. The number of methoxy groups -OCH3 is 1. The molecule has 3 nitrogen and oxygen atoms in total. The molecule has 0 bridgehead atoms. The van der Waals surface area contributed by atoms with Gasteiger partial charge in [-0.15, -0.1) is 0 Å². The van der Waals surface area contributed by atoms with Crippen molar-refractivity contribution in [3.63, 3.8) is 0 Å². The average Bonchev–Trinajstić information content (AvgIpc) is 3.11. The Labute approximate surface area is 96.0 Å². The summed E-state index contributed by atoms with van der Waals surface area (Å²) in [5.74, 6) is 1.52. The van der Waals surface area contributed by atoms with Gasteiger partial charge in [-0.2, -0.15) is 0 Å². The first kappa shape index (κ1) is 11.3. The van der Waals surface area contributed by atoms with E-state index in [4.69, 9.17) is 9.47 Å². The fourth-order valence-electron chi connectivity index (χ4n) is 1.96. The Balaban J connectivity index is 2.29. The molecular formula is C13H18O3. The molecule has 1 aromatic rings. The highest BCUT2D eigenvalue weighted by Gasteiger charge is 2.43. The van der Waals surface area contributed by atoms with Crippen LogP contribution in [-0.4, -0.2) is 25.4 Å². The molecule has 88 valence electrons. The highest BCUT2D eigenvalue weighted by atomic mass is 16.5. The van der Waals surface area contributed by atoms with Gasteiger partial charge in [-0.05, 0) is 37.5 Å². The Morgan fingerprint density at radius 3 is 2.56 bits per heavy atom. The summed E-state index contributed by atoms with van der Waals surface area (Å²) in [6.07, 6.45) is 2.11. The largest absolute Gasteiger partial charge is 0.493 e. The predicted molar refractivity (Wildman–Crippen MR) is 62.2 cm³/mol. The van der Waals surface area contributed by atoms with Crippen LogP contribution >= 0.6 is 0 Å². The molecule has 1 aliphatic rings. The molecule has 0 saturated heterocycles. The van der Waals surface area contributed by atoms with Gasteiger partial charge in [0.15, 0.2) is 11.5 Å². The van der Waals surface area contributed by atoms with Crippen LogP contribution in [0.5, 0.6) is 11.5 Å². The van der Waals surface area contributed by atoms with E-state index in [1.165, 1.54) is 0 Å². The number of hydrogen-bond acceptors (Lipinski definition) is 3. The molecule has 1 saturated carbocycles. The van der Waals surface area contributed by atoms with Crippen molar-refractivity contribution in [3.05, 3.63) is 23.8 Å². The van der Waals surface area contributed by atoms with Crippen molar-refractivity contribution in [2.45, 2.75) is 25.2 Å². The van der Waals surface area contributed by atoms with E-state index in [9.17, 15) is 5.11 Å². The standard InChI is InChI=1S/C13H18O3/c1-3-16-11-5-4-10(8-12(11)15-2)13(9-14)6-7-13/h4-5,8,14H,3,6-7,9H2,1-2H3. The second kappa shape index (κ2) is 4.34. The van der Waals surface area contributed by atoms with Gasteiger partial charge in [0, 0.05) is 5.41 Å². The molecule has 2 rings (SSSR count). The fraction of sp³-hybridized carbons (Fsp3) is 0.538. The number of benzene rings is 1. The molecule has 0 unspecified atom stereocenters. The van der Waals surface area contributed by atoms with Crippen LogP contribution in [0.3, 0.4) is 0 Å². The van der Waals surface area contributed by atoms with E-state index in [1.54, 1.807) is 7.11 Å². The van der Waals surface area contributed by atoms with E-state index < -0.39 is 0 Å². The number of rotatable bonds is 5. The molecule has 16 heavy (non-hydrogen) atoms. The van der Waals surface area contributed by atoms with Crippen LogP contribution in [-0.2, 0) is 5.41 Å². The topological polar surface area (TPSA) is 38.7 Å². The van der Waals surface area contributed by atoms with Gasteiger partial charge in [-0.25, -0.2) is 0 Å². The van der Waals surface area contributed by atoms with E-state index in [2.05, 4.69) is 0 Å². The average molecular weight is 222 g/mol. The molecule has 0 heterocycles. The van der Waals surface area contributed by atoms with E-state index in [-0.39, 0.29) is 12.0 Å². The third kappa shape index (κ3) is 1.87. The van der Waals surface area contributed by atoms with Crippen LogP contribution in [0.15, 0.2) is 18.2 Å². The number of aliphatic hydroxyl groups is 1. The Morgan fingerprint density at radius 1 is 1.31 bits per heavy atom. The summed E-state index contributed by atoms with van der Waals surface area (Å²) in [6, 6.07) is 5.93. The van der Waals surface area contributed by atoms with E-state index in [0.29, 0.717) is 6.61 Å². The molecule has 0 aliphatic heterocycles. The molecule has 3 heteroatoms. The second-order valence-corrected chi connectivity index (χ2v) is 4.24. The van der Waals surface area contributed by atoms with Crippen molar-refractivity contribution in [3.8, 4) is 11.5 Å². The van der Waals surface area contributed by atoms with Gasteiger partial charge >= 0.3 is 0 Å². The zero-order chi connectivity index (χ0) is 11.6. The second-order valence-electron chi connectivity index (χ2n) is 4.24. The van der Waals surface area contributed by atoms with Crippen molar-refractivity contribution in [1.82, 2.24) is 0 Å². The van der Waals surface area contributed by atoms with Gasteiger partial charge in [0.2, 0.25) is 0 Å². The van der Waals surface area contributed by atoms with Crippen molar-refractivity contribution < 1.29 is 14.6 Å². The minimum atomic E-state index is -0.0158. The highest BCUT2D eigenvalue weighted by Crippen LogP contribution is 2.49. The van der Waals surface area contributed by atoms with Crippen molar-refractivity contribution >= 4 is 0 Å². The third-order valence-corrected chi connectivity index (χ3v) is 3.23. The lowest BCUT2D eigenvalue weighted by Gasteiger charge is -2.15. The molecule has 0 amide bonds. The summed E-state index contributed by atoms with van der Waals surface area (Å²) < 4.78 is 10.8. The molecule has 0 radical (unpaired) electrons. The summed E-state index contributed by atoms with van der Waals surface area (Å²) >= 11 is 0. The van der Waals surface area contributed by atoms with Gasteiger partial charge in [0.1, 0.15) is 0 Å². The van der Waals surface area contributed by atoms with Gasteiger partial charge in [-0.3, -0.25) is 0 Å². The summed E-state index contributed by atoms with van der Waals surface area (Å²) in [4.78, 5) is 0. The Kier molecular flexibility index (Phi) is 3.06. The Morgan fingerprint density at radius 2 is 2.06 bits per heavy atom. The first-order valence-electron chi connectivity index (χ1n) is 5.68. The van der Waals surface area contributed by atoms with Gasteiger partial charge in [0.05, 0.1) is 20.3 Å². The van der Waals surface area contributed by atoms with E-state index >= 15 is 0 Å². The van der Waals surface area contributed by atoms with E-state index in [1.807, 2.05) is 25.1 Å². The summed E-state index contributed by atoms with van der Waals surface area (Å²) in [6.45, 7) is 2.79. The number of ether oxygens (including phenoxy) is 2. The van der Waals surface area contributed by atoms with Gasteiger partial charge in [-0.1, -0.05) is 6.07 Å². The zero-order valence-corrected chi connectivity index (χ0v) is 9.82. The maximum atomic E-state index is 9.37. The Hall–Kier alpha value is -1.22. The molecule has 1 fully saturated rings. The highest BCUT2D eigenvalue weighted by molar-refractivity contribution is 5.46. The summed E-state index contributed by atoms with van der Waals surface area (Å²) in [5, 5.41) is 9.37. The quantitative estimate of drug-likeness (QED) is 0.829. The molecule has 1 aromatic carbocycles. The maximum absolute atomic E-state index is 9.37. The molecule has 0 atom stereocenters. The van der Waals surface area contributed by atoms with Crippen LogP contribution in [0.4, 0.5) is 0 Å². The number of hydrogen-bond donors (Lipinski definition) is 1. The van der Waals surface area contributed by atoms with Crippen LogP contribution in [0.2, 0.25) is 0 Å². The van der Waals surface area contributed by atoms with Crippen molar-refractivity contribution in [2.75, 3.05) is 20.3 Å². The summed E-state index contributed by atoms with van der Waals surface area (Å²) in [5.41, 5.74) is 1.13. The minimum absolute atomic E-state index is 0.0158. The first-order valence-corrected chi connectivity index (χ1v) is 5.68. The lowest BCUT2D eigenvalue weighted by Crippen LogP contribution is -2.12. The molecular weight excluding hydrogens is 204 g/mol. The first-order chi connectivity index (χ1) is 7.75. The summed E-state index contributed by atoms with van der Waals surface area (Å²) in [7, 11) is 1.64. The van der Waals surface area contributed by atoms with Crippen LogP contribution in [0.1, 0.15) is 25.3 Å². The molecule has 0 spiro atoms. The molecule has 0 aromatic heterocycles. The smallest absolute Gasteiger partial charge is 0.161 e. The van der Waals surface area contributed by atoms with Crippen LogP contribution < -0.4 is 9.47 Å². The molecule has 1 N–H and O–H groups in total. The van der Waals surface area contributed by atoms with Crippen LogP contribution in [0.25, 0.3) is 0 Å². The molecule has 1 aliphatic carbocycles. The Bertz CT molecular complexity index is 369. The normalized spacial score (nSPS) is 16.9.